The second-order valence-electron chi connectivity index (χ2n) is 8.19. The molecule has 2 aromatic rings. The van der Waals surface area contributed by atoms with Crippen LogP contribution in [0.1, 0.15) is 31.9 Å². The molecule has 0 saturated carbocycles. The normalized spacial score (nSPS) is 23.8. The van der Waals surface area contributed by atoms with Gasteiger partial charge in [0.2, 0.25) is 0 Å². The lowest BCUT2D eigenvalue weighted by molar-refractivity contribution is -0.241. The Morgan fingerprint density at radius 3 is 2.06 bits per heavy atom. The van der Waals surface area contributed by atoms with Gasteiger partial charge in [0.05, 0.1) is 6.61 Å². The topological polar surface area (TPSA) is 97.4 Å². The molecular formula is C26H30O8S. The van der Waals surface area contributed by atoms with Crippen LogP contribution in [0.4, 0.5) is 0 Å². The van der Waals surface area contributed by atoms with Crippen LogP contribution >= 0.6 is 11.8 Å². The largest absolute Gasteiger partial charge is 0.463 e. The average molecular weight is 503 g/mol. The maximum Gasteiger partial charge on any atom is 0.303 e. The number of benzene rings is 2. The number of hydrogen-bond donors (Lipinski definition) is 0. The van der Waals surface area contributed by atoms with Crippen molar-refractivity contribution in [3.05, 3.63) is 65.7 Å². The molecule has 8 nitrogen and oxygen atoms in total. The van der Waals surface area contributed by atoms with Crippen molar-refractivity contribution in [2.75, 3.05) is 6.61 Å². The lowest BCUT2D eigenvalue weighted by Crippen LogP contribution is -2.61. The van der Waals surface area contributed by atoms with Crippen molar-refractivity contribution >= 4 is 29.7 Å². The Kier molecular flexibility index (Phi) is 9.71. The first kappa shape index (κ1) is 26.7. The van der Waals surface area contributed by atoms with Crippen molar-refractivity contribution in [2.45, 2.75) is 69.0 Å². The Hall–Kier alpha value is -2.88. The summed E-state index contributed by atoms with van der Waals surface area (Å²) >= 11 is 1.39. The number of esters is 3. The van der Waals surface area contributed by atoms with Crippen LogP contribution in [0.25, 0.3) is 0 Å². The number of hydrogen-bond acceptors (Lipinski definition) is 9. The highest BCUT2D eigenvalue weighted by Crippen LogP contribution is 2.38. The molecule has 1 aliphatic heterocycles. The molecule has 0 radical (unpaired) electrons. The van der Waals surface area contributed by atoms with Gasteiger partial charge in [-0.1, -0.05) is 59.8 Å². The van der Waals surface area contributed by atoms with E-state index in [9.17, 15) is 14.4 Å². The quantitative estimate of drug-likeness (QED) is 0.374. The van der Waals surface area contributed by atoms with Gasteiger partial charge in [0.25, 0.3) is 0 Å². The minimum absolute atomic E-state index is 0.179. The fraction of sp³-hybridized carbons (Fsp3) is 0.423. The lowest BCUT2D eigenvalue weighted by Gasteiger charge is -2.44. The molecule has 188 valence electrons. The first-order valence-electron chi connectivity index (χ1n) is 11.2. The highest BCUT2D eigenvalue weighted by atomic mass is 32.2. The molecule has 0 aromatic heterocycles. The molecule has 0 spiro atoms. The monoisotopic (exact) mass is 502 g/mol. The summed E-state index contributed by atoms with van der Waals surface area (Å²) < 4.78 is 28.9. The summed E-state index contributed by atoms with van der Waals surface area (Å²) in [4.78, 5) is 36.4. The van der Waals surface area contributed by atoms with Gasteiger partial charge >= 0.3 is 17.9 Å². The zero-order chi connectivity index (χ0) is 25.4. The molecule has 1 heterocycles. The van der Waals surface area contributed by atoms with E-state index in [1.807, 2.05) is 61.5 Å². The van der Waals surface area contributed by atoms with Gasteiger partial charge in [-0.05, 0) is 24.6 Å². The molecule has 0 N–H and O–H groups in total. The van der Waals surface area contributed by atoms with E-state index in [0.717, 1.165) is 16.0 Å². The Balaban J connectivity index is 1.95. The van der Waals surface area contributed by atoms with E-state index < -0.39 is 47.8 Å². The number of carbonyl (C=O) groups excluding carboxylic acids is 3. The summed E-state index contributed by atoms with van der Waals surface area (Å²) in [6.07, 6.45) is -3.68. The molecule has 9 heteroatoms. The van der Waals surface area contributed by atoms with Crippen LogP contribution in [-0.4, -0.2) is 54.4 Å². The third-order valence-corrected chi connectivity index (χ3v) is 6.36. The zero-order valence-corrected chi connectivity index (χ0v) is 21.0. The third kappa shape index (κ3) is 8.09. The Labute approximate surface area is 209 Å². The van der Waals surface area contributed by atoms with E-state index in [4.69, 9.17) is 23.7 Å². The molecule has 1 saturated heterocycles. The van der Waals surface area contributed by atoms with Crippen LogP contribution < -0.4 is 0 Å². The molecule has 0 aliphatic carbocycles. The second kappa shape index (κ2) is 12.7. The van der Waals surface area contributed by atoms with Crippen LogP contribution in [-0.2, 0) is 44.7 Å². The first-order valence-corrected chi connectivity index (χ1v) is 12.1. The van der Waals surface area contributed by atoms with Crippen LogP contribution in [0.2, 0.25) is 0 Å². The molecule has 1 aliphatic rings. The van der Waals surface area contributed by atoms with Gasteiger partial charge in [-0.2, -0.15) is 0 Å². The molecule has 1 fully saturated rings. The third-order valence-electron chi connectivity index (χ3n) is 5.20. The predicted octanol–water partition coefficient (Wildman–Crippen LogP) is 3.82. The molecule has 3 rings (SSSR count). The number of ether oxygens (including phenoxy) is 5. The van der Waals surface area contributed by atoms with Crippen LogP contribution in [0.15, 0.2) is 59.5 Å². The lowest BCUT2D eigenvalue weighted by atomic mass is 9.99. The molecule has 35 heavy (non-hydrogen) atoms. The average Bonchev–Trinajstić information content (AvgIpc) is 2.80. The molecular weight excluding hydrogens is 472 g/mol. The minimum Gasteiger partial charge on any atom is -0.463 e. The van der Waals surface area contributed by atoms with E-state index in [2.05, 4.69) is 0 Å². The molecule has 0 amide bonds. The fourth-order valence-corrected chi connectivity index (χ4v) is 4.79. The summed E-state index contributed by atoms with van der Waals surface area (Å²) in [6.45, 7) is 5.84. The predicted molar refractivity (Wildman–Crippen MR) is 128 cm³/mol. The van der Waals surface area contributed by atoms with Gasteiger partial charge in [0, 0.05) is 25.7 Å². The van der Waals surface area contributed by atoms with Crippen molar-refractivity contribution in [1.29, 1.82) is 0 Å². The Morgan fingerprint density at radius 2 is 1.46 bits per heavy atom. The molecule has 5 atom stereocenters. The van der Waals surface area contributed by atoms with Gasteiger partial charge in [-0.25, -0.2) is 0 Å². The molecule has 0 unspecified atom stereocenters. The van der Waals surface area contributed by atoms with Crippen molar-refractivity contribution < 1.29 is 38.1 Å². The summed E-state index contributed by atoms with van der Waals surface area (Å²) in [5, 5.41) is 0. The summed E-state index contributed by atoms with van der Waals surface area (Å²) in [5.74, 6) is -1.66. The van der Waals surface area contributed by atoms with Gasteiger partial charge in [0.1, 0.15) is 24.3 Å². The van der Waals surface area contributed by atoms with Crippen molar-refractivity contribution in [3.63, 3.8) is 0 Å². The standard InChI is InChI=1S/C26H30O8S/c1-16-10-12-21(13-11-16)35-26-25(31-14-20-8-6-5-7-9-20)24(33-19(4)29)23(32-18(3)28)22(34-26)15-30-17(2)27/h5-13,22-26H,14-15H2,1-4H3/t22-,23+,24+,25-,26+/m1/s1. The van der Waals surface area contributed by atoms with Gasteiger partial charge in [-0.3, -0.25) is 14.4 Å². The Bertz CT molecular complexity index is 994. The van der Waals surface area contributed by atoms with Crippen LogP contribution in [0.5, 0.6) is 0 Å². The molecule has 0 bridgehead atoms. The number of thioether (sulfide) groups is 1. The summed E-state index contributed by atoms with van der Waals surface area (Å²) in [6, 6.07) is 17.4. The van der Waals surface area contributed by atoms with E-state index in [1.165, 1.54) is 32.5 Å². The maximum atomic E-state index is 12.1. The molecule has 2 aromatic carbocycles. The Morgan fingerprint density at radius 1 is 0.829 bits per heavy atom. The van der Waals surface area contributed by atoms with Gasteiger partial charge in [0.15, 0.2) is 12.2 Å². The number of aryl methyl sites for hydroxylation is 1. The summed E-state index contributed by atoms with van der Waals surface area (Å²) in [7, 11) is 0. The van der Waals surface area contributed by atoms with Crippen molar-refractivity contribution in [3.8, 4) is 0 Å². The van der Waals surface area contributed by atoms with E-state index in [-0.39, 0.29) is 13.2 Å². The SMILES string of the molecule is CC(=O)OC[C@H]1O[C@@H](Sc2ccc(C)cc2)[C@H](OCc2ccccc2)[C@@H](OC(C)=O)[C@H]1OC(C)=O. The van der Waals surface area contributed by atoms with E-state index in [0.29, 0.717) is 0 Å². The second-order valence-corrected chi connectivity index (χ2v) is 9.36. The van der Waals surface area contributed by atoms with Crippen molar-refractivity contribution in [2.24, 2.45) is 0 Å². The summed E-state index contributed by atoms with van der Waals surface area (Å²) in [5.41, 5.74) is 1.37. The van der Waals surface area contributed by atoms with E-state index in [1.54, 1.807) is 0 Å². The highest BCUT2D eigenvalue weighted by molar-refractivity contribution is 7.99. The number of rotatable bonds is 9. The minimum atomic E-state index is -1.04. The first-order chi connectivity index (χ1) is 16.7. The van der Waals surface area contributed by atoms with Crippen LogP contribution in [0, 0.1) is 6.92 Å². The fourth-order valence-electron chi connectivity index (χ4n) is 3.66. The zero-order valence-electron chi connectivity index (χ0n) is 20.2. The van der Waals surface area contributed by atoms with E-state index >= 15 is 0 Å². The highest BCUT2D eigenvalue weighted by Gasteiger charge is 2.51. The number of carbonyl (C=O) groups is 3. The van der Waals surface area contributed by atoms with Crippen LogP contribution in [0.3, 0.4) is 0 Å². The maximum absolute atomic E-state index is 12.1. The van der Waals surface area contributed by atoms with Crippen molar-refractivity contribution in [1.82, 2.24) is 0 Å². The smallest absolute Gasteiger partial charge is 0.303 e. The van der Waals surface area contributed by atoms with Gasteiger partial charge in [-0.15, -0.1) is 0 Å². The van der Waals surface area contributed by atoms with Gasteiger partial charge < -0.3 is 23.7 Å².